The number of pyridine rings is 1. The molecule has 0 unspecified atom stereocenters. The number of aromatic amines is 1. The topological polar surface area (TPSA) is 70.2 Å². The third-order valence-corrected chi connectivity index (χ3v) is 2.13. The van der Waals surface area contributed by atoms with Gasteiger partial charge in [0.2, 0.25) is 0 Å². The van der Waals surface area contributed by atoms with Gasteiger partial charge in [0.05, 0.1) is 5.56 Å². The second-order valence-corrected chi connectivity index (χ2v) is 3.23. The zero-order chi connectivity index (χ0) is 10.9. The van der Waals surface area contributed by atoms with Gasteiger partial charge in [0.1, 0.15) is 5.69 Å². The lowest BCUT2D eigenvalue weighted by atomic mass is 10.2. The van der Waals surface area contributed by atoms with Gasteiger partial charge in [-0.1, -0.05) is 15.9 Å². The first-order valence-electron chi connectivity index (χ1n) is 3.37. The minimum atomic E-state index is -2.95. The number of rotatable bonds is 2. The van der Waals surface area contributed by atoms with Crippen molar-refractivity contribution in [2.75, 3.05) is 0 Å². The van der Waals surface area contributed by atoms with Gasteiger partial charge in [0.15, 0.2) is 0 Å². The predicted molar refractivity (Wildman–Crippen MR) is 46.7 cm³/mol. The fraction of sp³-hybridized carbons (Fsp3) is 0.143. The number of alkyl halides is 2. The fourth-order valence-electron chi connectivity index (χ4n) is 0.857. The summed E-state index contributed by atoms with van der Waals surface area (Å²) in [6.07, 6.45) is -2.95. The maximum Gasteiger partial charge on any atom is 0.352 e. The van der Waals surface area contributed by atoms with E-state index in [1.807, 2.05) is 4.98 Å². The highest BCUT2D eigenvalue weighted by Crippen LogP contribution is 2.23. The van der Waals surface area contributed by atoms with Gasteiger partial charge < -0.3 is 10.1 Å². The molecule has 0 aliphatic rings. The third-order valence-electron chi connectivity index (χ3n) is 1.47. The van der Waals surface area contributed by atoms with E-state index in [1.54, 1.807) is 0 Å². The molecule has 0 aliphatic heterocycles. The zero-order valence-electron chi connectivity index (χ0n) is 6.55. The summed E-state index contributed by atoms with van der Waals surface area (Å²) in [6, 6.07) is 0.922. The molecule has 0 spiro atoms. The smallest absolute Gasteiger partial charge is 0.352 e. The molecule has 0 radical (unpaired) electrons. The molecule has 1 aromatic heterocycles. The molecule has 7 heteroatoms. The van der Waals surface area contributed by atoms with Gasteiger partial charge in [-0.15, -0.1) is 0 Å². The number of aromatic nitrogens is 1. The van der Waals surface area contributed by atoms with Crippen molar-refractivity contribution in [1.29, 1.82) is 0 Å². The minimum Gasteiger partial charge on any atom is -0.477 e. The SMILES string of the molecule is O=C(O)c1cc(Br)c(C(F)F)c(=O)[nH]1. The Hall–Kier alpha value is -1.24. The molecule has 2 N–H and O–H groups in total. The Morgan fingerprint density at radius 3 is 2.50 bits per heavy atom. The van der Waals surface area contributed by atoms with E-state index in [9.17, 15) is 18.4 Å². The number of H-pyrrole nitrogens is 1. The maximum atomic E-state index is 12.2. The van der Waals surface area contributed by atoms with Crippen molar-refractivity contribution in [3.63, 3.8) is 0 Å². The second-order valence-electron chi connectivity index (χ2n) is 2.38. The number of nitrogens with one attached hydrogen (secondary N) is 1. The summed E-state index contributed by atoms with van der Waals surface area (Å²) < 4.78 is 24.2. The minimum absolute atomic E-state index is 0.214. The van der Waals surface area contributed by atoms with Crippen molar-refractivity contribution in [3.8, 4) is 0 Å². The number of aromatic carboxylic acids is 1. The standard InChI is InChI=1S/C7H4BrF2NO3/c8-2-1-3(7(13)14)11-6(12)4(2)5(9)10/h1,5H,(H,11,12)(H,13,14). The Morgan fingerprint density at radius 1 is 1.57 bits per heavy atom. The van der Waals surface area contributed by atoms with Crippen LogP contribution in [-0.4, -0.2) is 16.1 Å². The highest BCUT2D eigenvalue weighted by Gasteiger charge is 2.18. The zero-order valence-corrected chi connectivity index (χ0v) is 8.14. The lowest BCUT2D eigenvalue weighted by Crippen LogP contribution is -2.18. The van der Waals surface area contributed by atoms with E-state index in [0.717, 1.165) is 6.07 Å². The van der Waals surface area contributed by atoms with Crippen LogP contribution in [0.4, 0.5) is 8.78 Å². The van der Waals surface area contributed by atoms with E-state index in [4.69, 9.17) is 5.11 Å². The first-order chi connectivity index (χ1) is 6.43. The number of hydrogen-bond donors (Lipinski definition) is 2. The van der Waals surface area contributed by atoms with Crippen LogP contribution in [0.25, 0.3) is 0 Å². The van der Waals surface area contributed by atoms with Gasteiger partial charge in [-0.05, 0) is 6.07 Å². The highest BCUT2D eigenvalue weighted by molar-refractivity contribution is 9.10. The van der Waals surface area contributed by atoms with Crippen LogP contribution in [0, 0.1) is 0 Å². The average molecular weight is 268 g/mol. The molecule has 1 aromatic rings. The summed E-state index contributed by atoms with van der Waals surface area (Å²) in [4.78, 5) is 23.2. The van der Waals surface area contributed by atoms with Crippen molar-refractivity contribution in [3.05, 3.63) is 32.2 Å². The molecule has 0 aliphatic carbocycles. The molecule has 14 heavy (non-hydrogen) atoms. The summed E-state index contributed by atoms with van der Waals surface area (Å²) in [5.74, 6) is -1.39. The maximum absolute atomic E-state index is 12.2. The fourth-order valence-corrected chi connectivity index (χ4v) is 1.44. The molecule has 1 heterocycles. The molecule has 0 amide bonds. The Labute approximate surface area is 84.7 Å². The summed E-state index contributed by atoms with van der Waals surface area (Å²) in [5, 5.41) is 8.48. The molecule has 0 bridgehead atoms. The van der Waals surface area contributed by atoms with Gasteiger partial charge >= 0.3 is 5.97 Å². The monoisotopic (exact) mass is 267 g/mol. The van der Waals surface area contributed by atoms with Gasteiger partial charge in [-0.25, -0.2) is 13.6 Å². The number of carbonyl (C=O) groups is 1. The van der Waals surface area contributed by atoms with E-state index in [0.29, 0.717) is 0 Å². The van der Waals surface area contributed by atoms with Crippen LogP contribution >= 0.6 is 15.9 Å². The second kappa shape index (κ2) is 3.87. The van der Waals surface area contributed by atoms with Crippen molar-refractivity contribution < 1.29 is 18.7 Å². The van der Waals surface area contributed by atoms with E-state index < -0.39 is 29.2 Å². The number of halogens is 3. The number of hydrogen-bond acceptors (Lipinski definition) is 2. The van der Waals surface area contributed by atoms with Crippen LogP contribution in [0.1, 0.15) is 22.5 Å². The molecule has 0 aromatic carbocycles. The van der Waals surface area contributed by atoms with Crippen molar-refractivity contribution in [2.45, 2.75) is 6.43 Å². The number of carboxylic acids is 1. The highest BCUT2D eigenvalue weighted by atomic mass is 79.9. The van der Waals surface area contributed by atoms with Crippen molar-refractivity contribution in [1.82, 2.24) is 4.98 Å². The predicted octanol–water partition coefficient (Wildman–Crippen LogP) is 1.77. The summed E-state index contributed by atoms with van der Waals surface area (Å²) in [6.45, 7) is 0. The summed E-state index contributed by atoms with van der Waals surface area (Å²) >= 11 is 2.70. The van der Waals surface area contributed by atoms with E-state index >= 15 is 0 Å². The summed E-state index contributed by atoms with van der Waals surface area (Å²) in [7, 11) is 0. The van der Waals surface area contributed by atoms with E-state index in [1.165, 1.54) is 0 Å². The first kappa shape index (κ1) is 10.8. The van der Waals surface area contributed by atoms with E-state index in [2.05, 4.69) is 15.9 Å². The van der Waals surface area contributed by atoms with E-state index in [-0.39, 0.29) is 4.47 Å². The third kappa shape index (κ3) is 1.98. The molecule has 4 nitrogen and oxygen atoms in total. The Bertz CT molecular complexity index is 429. The van der Waals surface area contributed by atoms with Crippen LogP contribution in [0.5, 0.6) is 0 Å². The van der Waals surface area contributed by atoms with Gasteiger partial charge in [-0.2, -0.15) is 0 Å². The van der Waals surface area contributed by atoms with Crippen LogP contribution in [0.15, 0.2) is 15.3 Å². The van der Waals surface area contributed by atoms with Crippen LogP contribution < -0.4 is 5.56 Å². The molecular weight excluding hydrogens is 264 g/mol. The molecule has 0 fully saturated rings. The normalized spacial score (nSPS) is 10.6. The first-order valence-corrected chi connectivity index (χ1v) is 4.17. The van der Waals surface area contributed by atoms with Crippen LogP contribution in [0.3, 0.4) is 0 Å². The molecule has 0 saturated heterocycles. The summed E-state index contributed by atoms with van der Waals surface area (Å²) in [5.41, 5.74) is -2.31. The largest absolute Gasteiger partial charge is 0.477 e. The lowest BCUT2D eigenvalue weighted by Gasteiger charge is -2.02. The molecular formula is C7H4BrF2NO3. The molecule has 0 saturated carbocycles. The van der Waals surface area contributed by atoms with Crippen LogP contribution in [0.2, 0.25) is 0 Å². The Balaban J connectivity index is 3.40. The van der Waals surface area contributed by atoms with Gasteiger partial charge in [-0.3, -0.25) is 4.79 Å². The van der Waals surface area contributed by atoms with Crippen molar-refractivity contribution in [2.24, 2.45) is 0 Å². The average Bonchev–Trinajstić information content (AvgIpc) is 2.01. The Morgan fingerprint density at radius 2 is 2.14 bits per heavy atom. The Kier molecular flexibility index (Phi) is 3.00. The number of carboxylic acid groups (broad SMARTS) is 1. The van der Waals surface area contributed by atoms with Crippen LogP contribution in [-0.2, 0) is 0 Å². The van der Waals surface area contributed by atoms with Gasteiger partial charge in [0.25, 0.3) is 12.0 Å². The molecule has 76 valence electrons. The van der Waals surface area contributed by atoms with Crippen molar-refractivity contribution >= 4 is 21.9 Å². The quantitative estimate of drug-likeness (QED) is 0.858. The van der Waals surface area contributed by atoms with Gasteiger partial charge in [0, 0.05) is 4.47 Å². The molecule has 0 atom stereocenters. The molecule has 1 rings (SSSR count). The lowest BCUT2D eigenvalue weighted by molar-refractivity contribution is 0.0689.